The third-order valence-corrected chi connectivity index (χ3v) is 7.83. The van der Waals surface area contributed by atoms with Gasteiger partial charge < -0.3 is 30.9 Å². The van der Waals surface area contributed by atoms with Crippen molar-refractivity contribution in [1.29, 1.82) is 0 Å². The van der Waals surface area contributed by atoms with E-state index in [0.29, 0.717) is 13.0 Å². The van der Waals surface area contributed by atoms with Crippen molar-refractivity contribution in [3.63, 3.8) is 0 Å². The molecule has 42 heavy (non-hydrogen) atoms. The van der Waals surface area contributed by atoms with Gasteiger partial charge in [0.2, 0.25) is 23.5 Å². The topological polar surface area (TPSA) is 163 Å². The van der Waals surface area contributed by atoms with Crippen LogP contribution in [0.25, 0.3) is 0 Å². The summed E-state index contributed by atoms with van der Waals surface area (Å²) in [7, 11) is 0. The molecule has 0 aromatic rings. The first kappa shape index (κ1) is 34.8. The van der Waals surface area contributed by atoms with Crippen LogP contribution < -0.4 is 21.3 Å². The lowest BCUT2D eigenvalue weighted by Gasteiger charge is -2.38. The van der Waals surface area contributed by atoms with E-state index in [-0.39, 0.29) is 42.7 Å². The lowest BCUT2D eigenvalue weighted by molar-refractivity contribution is -0.145. The minimum Gasteiger partial charge on any atom is -0.444 e. The molecule has 2 fully saturated rings. The van der Waals surface area contributed by atoms with Gasteiger partial charge in [-0.15, -0.1) is 6.58 Å². The number of piperidine rings is 1. The Kier molecular flexibility index (Phi) is 11.0. The molecule has 1 saturated carbocycles. The number of alkyl carbamates (subject to hydrolysis) is 1. The number of ether oxygens (including phenoxy) is 1. The molecule has 1 aliphatic carbocycles. The standard InChI is InChI=1S/C30H49N5O7/c1-11-12-13-19(22(37)25(39)32-15-14-31-17(2)36)33-24(38)21-20-18(30(20,9)10)16-35(21)26(40)23(28(3,4)5)34-27(41)42-29(6,7)8/h11,18-21,23H,1,12-16H2,2-10H3,(H,31,36)(H,32,39)(H,33,38)(H,34,41)/t18-,19?,20-,21?,23-/m1/s1. The number of Topliss-reactive ketones (excluding diaryl/α,β-unsaturated/α-hetero) is 1. The molecule has 2 aliphatic rings. The number of carbonyl (C=O) groups is 6. The van der Waals surface area contributed by atoms with Crippen molar-refractivity contribution < 1.29 is 33.5 Å². The number of allylic oxidation sites excluding steroid dienone is 1. The minimum atomic E-state index is -1.13. The van der Waals surface area contributed by atoms with Crippen LogP contribution in [-0.2, 0) is 28.7 Å². The van der Waals surface area contributed by atoms with Crippen LogP contribution in [0, 0.1) is 22.7 Å². The van der Waals surface area contributed by atoms with E-state index < -0.39 is 58.7 Å². The Morgan fingerprint density at radius 2 is 1.60 bits per heavy atom. The van der Waals surface area contributed by atoms with Crippen molar-refractivity contribution >= 4 is 35.5 Å². The van der Waals surface area contributed by atoms with E-state index in [4.69, 9.17) is 4.74 Å². The third-order valence-electron chi connectivity index (χ3n) is 7.83. The number of hydrogen-bond donors (Lipinski definition) is 4. The van der Waals surface area contributed by atoms with E-state index >= 15 is 0 Å². The molecular formula is C30H49N5O7. The zero-order chi connectivity index (χ0) is 32.2. The molecule has 1 aliphatic heterocycles. The van der Waals surface area contributed by atoms with Crippen LogP contribution in [0.3, 0.4) is 0 Å². The molecule has 5 atom stereocenters. The predicted molar refractivity (Wildman–Crippen MR) is 157 cm³/mol. The fourth-order valence-corrected chi connectivity index (χ4v) is 5.52. The van der Waals surface area contributed by atoms with Crippen molar-refractivity contribution in [1.82, 2.24) is 26.2 Å². The van der Waals surface area contributed by atoms with E-state index in [9.17, 15) is 28.8 Å². The van der Waals surface area contributed by atoms with Gasteiger partial charge in [0.1, 0.15) is 17.7 Å². The highest BCUT2D eigenvalue weighted by molar-refractivity contribution is 6.38. The van der Waals surface area contributed by atoms with Gasteiger partial charge in [-0.25, -0.2) is 4.79 Å². The second kappa shape index (κ2) is 13.2. The van der Waals surface area contributed by atoms with Crippen molar-refractivity contribution in [2.24, 2.45) is 22.7 Å². The maximum Gasteiger partial charge on any atom is 0.408 e. The van der Waals surface area contributed by atoms with Crippen molar-refractivity contribution in [3.8, 4) is 0 Å². The van der Waals surface area contributed by atoms with Crippen LogP contribution in [0.15, 0.2) is 12.7 Å². The van der Waals surface area contributed by atoms with Crippen molar-refractivity contribution in [3.05, 3.63) is 12.7 Å². The lowest BCUT2D eigenvalue weighted by Crippen LogP contribution is -2.60. The molecule has 5 amide bonds. The maximum absolute atomic E-state index is 14.0. The first-order valence-corrected chi connectivity index (χ1v) is 14.5. The molecule has 2 unspecified atom stereocenters. The van der Waals surface area contributed by atoms with Crippen LogP contribution in [0.4, 0.5) is 4.79 Å². The Labute approximate surface area is 249 Å². The number of nitrogens with zero attached hydrogens (tertiary/aromatic N) is 1. The summed E-state index contributed by atoms with van der Waals surface area (Å²) >= 11 is 0. The molecule has 12 nitrogen and oxygen atoms in total. The largest absolute Gasteiger partial charge is 0.444 e. The average molecular weight is 592 g/mol. The van der Waals surface area contributed by atoms with Gasteiger partial charge in [-0.05, 0) is 56.3 Å². The summed E-state index contributed by atoms with van der Waals surface area (Å²) in [6.07, 6.45) is 1.37. The van der Waals surface area contributed by atoms with Crippen LogP contribution in [0.2, 0.25) is 0 Å². The van der Waals surface area contributed by atoms with Crippen LogP contribution in [-0.4, -0.2) is 83.8 Å². The van der Waals surface area contributed by atoms with Crippen molar-refractivity contribution in [2.45, 2.75) is 98.9 Å². The van der Waals surface area contributed by atoms with Gasteiger partial charge in [0.15, 0.2) is 0 Å². The molecule has 0 bridgehead atoms. The summed E-state index contributed by atoms with van der Waals surface area (Å²) in [6, 6.07) is -2.99. The lowest BCUT2D eigenvalue weighted by atomic mass is 9.85. The highest BCUT2D eigenvalue weighted by Crippen LogP contribution is 2.65. The van der Waals surface area contributed by atoms with E-state index in [2.05, 4.69) is 27.8 Å². The number of ketones is 1. The summed E-state index contributed by atoms with van der Waals surface area (Å²) < 4.78 is 5.40. The highest BCUT2D eigenvalue weighted by Gasteiger charge is 2.70. The van der Waals surface area contributed by atoms with Crippen LogP contribution >= 0.6 is 0 Å². The molecule has 4 N–H and O–H groups in total. The number of carbonyl (C=O) groups excluding carboxylic acids is 6. The Morgan fingerprint density at radius 1 is 1.00 bits per heavy atom. The molecule has 0 spiro atoms. The molecule has 236 valence electrons. The van der Waals surface area contributed by atoms with Crippen molar-refractivity contribution in [2.75, 3.05) is 19.6 Å². The smallest absolute Gasteiger partial charge is 0.408 e. The van der Waals surface area contributed by atoms with Gasteiger partial charge in [0.05, 0.1) is 6.04 Å². The van der Waals surface area contributed by atoms with Gasteiger partial charge in [-0.2, -0.15) is 0 Å². The Balaban J connectivity index is 2.26. The van der Waals surface area contributed by atoms with Gasteiger partial charge in [-0.1, -0.05) is 40.7 Å². The normalized spacial score (nSPS) is 22.1. The van der Waals surface area contributed by atoms with E-state index in [1.807, 2.05) is 34.6 Å². The number of nitrogens with one attached hydrogen (secondary N) is 4. The molecule has 0 radical (unpaired) electrons. The molecule has 0 aromatic heterocycles. The van der Waals surface area contributed by atoms with Gasteiger partial charge in [-0.3, -0.25) is 24.0 Å². The highest BCUT2D eigenvalue weighted by atomic mass is 16.6. The summed E-state index contributed by atoms with van der Waals surface area (Å²) in [4.78, 5) is 78.6. The SMILES string of the molecule is C=CCCC(NC(=O)C1[C@H]2[C@@H](CN1C(=O)[C@@H](NC(=O)OC(C)(C)C)C(C)(C)C)C2(C)C)C(=O)C(=O)NCCNC(C)=O. The quantitative estimate of drug-likeness (QED) is 0.152. The summed E-state index contributed by atoms with van der Waals surface area (Å²) in [5, 5.41) is 10.4. The van der Waals surface area contributed by atoms with E-state index in [1.165, 1.54) is 11.8 Å². The van der Waals surface area contributed by atoms with E-state index in [0.717, 1.165) is 0 Å². The van der Waals surface area contributed by atoms with Gasteiger partial charge >= 0.3 is 6.09 Å². The van der Waals surface area contributed by atoms with Gasteiger partial charge in [0, 0.05) is 26.6 Å². The molecule has 12 heteroatoms. The zero-order valence-electron chi connectivity index (χ0n) is 26.5. The molecule has 2 rings (SSSR count). The number of likely N-dealkylation sites (tertiary alicyclic amines) is 1. The minimum absolute atomic E-state index is 0.0496. The van der Waals surface area contributed by atoms with Crippen LogP contribution in [0.5, 0.6) is 0 Å². The fourth-order valence-electron chi connectivity index (χ4n) is 5.52. The molecule has 1 saturated heterocycles. The number of fused-ring (bicyclic) bond motifs is 1. The first-order valence-electron chi connectivity index (χ1n) is 14.5. The first-order chi connectivity index (χ1) is 19.2. The molecule has 1 heterocycles. The fraction of sp³-hybridized carbons (Fsp3) is 0.733. The second-order valence-electron chi connectivity index (χ2n) is 13.9. The number of rotatable bonds is 12. The summed E-state index contributed by atoms with van der Waals surface area (Å²) in [6.45, 7) is 20.2. The maximum atomic E-state index is 14.0. The Hall–Kier alpha value is -3.44. The number of amides is 5. The number of hydrogen-bond acceptors (Lipinski definition) is 7. The predicted octanol–water partition coefficient (Wildman–Crippen LogP) is 1.68. The monoisotopic (exact) mass is 591 g/mol. The summed E-state index contributed by atoms with van der Waals surface area (Å²) in [5.74, 6) is -2.99. The zero-order valence-corrected chi connectivity index (χ0v) is 26.5. The molecular weight excluding hydrogens is 542 g/mol. The third kappa shape index (κ3) is 8.78. The van der Waals surface area contributed by atoms with Crippen LogP contribution in [0.1, 0.15) is 75.2 Å². The Morgan fingerprint density at radius 3 is 2.12 bits per heavy atom. The van der Waals surface area contributed by atoms with E-state index in [1.54, 1.807) is 26.8 Å². The Bertz CT molecular complexity index is 1090. The average Bonchev–Trinajstić information content (AvgIpc) is 3.18. The molecule has 0 aromatic carbocycles. The summed E-state index contributed by atoms with van der Waals surface area (Å²) in [5.41, 5.74) is -1.66. The second-order valence-corrected chi connectivity index (χ2v) is 13.9. The van der Waals surface area contributed by atoms with Gasteiger partial charge in [0.25, 0.3) is 5.91 Å².